The summed E-state index contributed by atoms with van der Waals surface area (Å²) >= 11 is 0. The molecule has 0 bridgehead atoms. The number of aromatic nitrogens is 3. The van der Waals surface area contributed by atoms with E-state index in [1.54, 1.807) is 7.11 Å². The Morgan fingerprint density at radius 2 is 2.12 bits per heavy atom. The lowest BCUT2D eigenvalue weighted by molar-refractivity contribution is 0.00265. The number of hydrogen-bond donors (Lipinski definition) is 2. The highest BCUT2D eigenvalue weighted by atomic mass is 16.5. The summed E-state index contributed by atoms with van der Waals surface area (Å²) < 4.78 is 13.1. The van der Waals surface area contributed by atoms with Gasteiger partial charge in [0.05, 0.1) is 24.4 Å². The number of oxazole rings is 1. The largest absolute Gasteiger partial charge is 0.494 e. The molecule has 1 spiro atoms. The maximum Gasteiger partial charge on any atom is 0.277 e. The van der Waals surface area contributed by atoms with E-state index in [1.165, 1.54) is 6.26 Å². The van der Waals surface area contributed by atoms with Crippen LogP contribution < -0.4 is 15.4 Å². The molecular weight excluding hydrogens is 418 g/mol. The molecule has 2 N–H and O–H groups in total. The third-order valence-corrected chi connectivity index (χ3v) is 6.80. The van der Waals surface area contributed by atoms with E-state index in [0.717, 1.165) is 48.0 Å². The molecule has 0 radical (unpaired) electrons. The van der Waals surface area contributed by atoms with Crippen LogP contribution in [0.3, 0.4) is 0 Å². The van der Waals surface area contributed by atoms with Crippen LogP contribution >= 0.6 is 0 Å². The van der Waals surface area contributed by atoms with Crippen molar-refractivity contribution in [1.29, 1.82) is 0 Å². The van der Waals surface area contributed by atoms with Crippen LogP contribution in [-0.2, 0) is 0 Å². The number of hydrogen-bond acceptors (Lipinski definition) is 6. The molecule has 2 aliphatic rings. The minimum Gasteiger partial charge on any atom is -0.494 e. The summed E-state index contributed by atoms with van der Waals surface area (Å²) in [4.78, 5) is 17.3. The van der Waals surface area contributed by atoms with Crippen molar-refractivity contribution in [2.45, 2.75) is 25.8 Å². The van der Waals surface area contributed by atoms with Gasteiger partial charge < -0.3 is 19.8 Å². The lowest BCUT2D eigenvalue weighted by Crippen LogP contribution is -2.60. The van der Waals surface area contributed by atoms with Gasteiger partial charge in [0.1, 0.15) is 12.0 Å². The summed E-state index contributed by atoms with van der Waals surface area (Å²) in [5.41, 5.74) is 4.03. The summed E-state index contributed by atoms with van der Waals surface area (Å²) in [7, 11) is 1.58. The molecule has 33 heavy (non-hydrogen) atoms. The molecule has 1 saturated heterocycles. The first-order valence-corrected chi connectivity index (χ1v) is 11.1. The fourth-order valence-corrected chi connectivity index (χ4v) is 4.89. The van der Waals surface area contributed by atoms with Crippen molar-refractivity contribution < 1.29 is 13.9 Å². The predicted octanol–water partition coefficient (Wildman–Crippen LogP) is 4.19. The van der Waals surface area contributed by atoms with E-state index in [-0.39, 0.29) is 11.6 Å². The Bertz CT molecular complexity index is 1360. The normalized spacial score (nSPS) is 17.0. The molecule has 2 fully saturated rings. The van der Waals surface area contributed by atoms with Crippen LogP contribution in [0, 0.1) is 12.3 Å². The van der Waals surface area contributed by atoms with Crippen LogP contribution in [0.4, 0.5) is 5.69 Å². The standard InChI is InChI=1S/C25H25N5O3/c1-15-4-3-5-16(6-15)24-28-21(12-33-24)23(31)27-20-7-17-11-30(29-19(17)8-22(20)32-2)18-9-25(10-18)13-26-14-25/h3-8,11-12,18,26H,9-10,13-14H2,1-2H3,(H,27,31). The van der Waals surface area contributed by atoms with Crippen molar-refractivity contribution in [3.63, 3.8) is 0 Å². The lowest BCUT2D eigenvalue weighted by atomic mass is 9.62. The van der Waals surface area contributed by atoms with Gasteiger partial charge in [-0.25, -0.2) is 4.98 Å². The van der Waals surface area contributed by atoms with Gasteiger partial charge in [-0.15, -0.1) is 0 Å². The number of carbonyl (C=O) groups excluding carboxylic acids is 1. The van der Waals surface area contributed by atoms with Gasteiger partial charge in [0, 0.05) is 36.3 Å². The molecule has 0 unspecified atom stereocenters. The van der Waals surface area contributed by atoms with Crippen LogP contribution in [0.25, 0.3) is 22.4 Å². The van der Waals surface area contributed by atoms with Crippen molar-refractivity contribution in [2.75, 3.05) is 25.5 Å². The second-order valence-electron chi connectivity index (χ2n) is 9.25. The maximum absolute atomic E-state index is 12.9. The van der Waals surface area contributed by atoms with Crippen molar-refractivity contribution in [2.24, 2.45) is 5.41 Å². The van der Waals surface area contributed by atoms with Crippen LogP contribution in [0.2, 0.25) is 0 Å². The van der Waals surface area contributed by atoms with Crippen molar-refractivity contribution >= 4 is 22.5 Å². The quantitative estimate of drug-likeness (QED) is 0.480. The van der Waals surface area contributed by atoms with E-state index < -0.39 is 0 Å². The summed E-state index contributed by atoms with van der Waals surface area (Å²) in [5.74, 6) is 0.602. The summed E-state index contributed by atoms with van der Waals surface area (Å²) in [6, 6.07) is 12.0. The number of nitrogens with one attached hydrogen (secondary N) is 2. The Balaban J connectivity index is 1.23. The molecule has 2 aromatic heterocycles. The monoisotopic (exact) mass is 443 g/mol. The number of ether oxygens (including phenoxy) is 1. The lowest BCUT2D eigenvalue weighted by Gasteiger charge is -2.54. The van der Waals surface area contributed by atoms with Crippen LogP contribution in [0.15, 0.2) is 53.3 Å². The van der Waals surface area contributed by atoms with E-state index >= 15 is 0 Å². The number of fused-ring (bicyclic) bond motifs is 1. The molecule has 8 nitrogen and oxygen atoms in total. The molecule has 0 atom stereocenters. The Kier molecular flexibility index (Phi) is 4.51. The Morgan fingerprint density at radius 1 is 1.27 bits per heavy atom. The highest BCUT2D eigenvalue weighted by Gasteiger charge is 2.49. The molecule has 1 aliphatic heterocycles. The summed E-state index contributed by atoms with van der Waals surface area (Å²) in [6.45, 7) is 4.22. The minimum atomic E-state index is -0.360. The first-order chi connectivity index (χ1) is 16.0. The summed E-state index contributed by atoms with van der Waals surface area (Å²) in [6.07, 6.45) is 5.74. The number of rotatable bonds is 5. The smallest absolute Gasteiger partial charge is 0.277 e. The number of nitrogens with zero attached hydrogens (tertiary/aromatic N) is 3. The maximum atomic E-state index is 12.9. The zero-order valence-electron chi connectivity index (χ0n) is 18.6. The SMILES string of the molecule is COc1cc2nn(C3CC4(CNC4)C3)cc2cc1NC(=O)c1coc(-c2cccc(C)c2)n1. The molecule has 1 saturated carbocycles. The molecule has 2 aromatic carbocycles. The van der Waals surface area contributed by atoms with E-state index in [2.05, 4.69) is 26.5 Å². The third kappa shape index (κ3) is 3.47. The number of benzene rings is 2. The number of aryl methyl sites for hydroxylation is 1. The van der Waals surface area contributed by atoms with Gasteiger partial charge in [-0.2, -0.15) is 5.10 Å². The van der Waals surface area contributed by atoms with Crippen molar-refractivity contribution in [3.05, 3.63) is 60.1 Å². The minimum absolute atomic E-state index is 0.207. The van der Waals surface area contributed by atoms with Gasteiger partial charge in [0.25, 0.3) is 5.91 Å². The molecule has 4 aromatic rings. The van der Waals surface area contributed by atoms with Gasteiger partial charge in [-0.1, -0.05) is 17.7 Å². The zero-order chi connectivity index (χ0) is 22.6. The van der Waals surface area contributed by atoms with Gasteiger partial charge >= 0.3 is 0 Å². The second kappa shape index (κ2) is 7.45. The Labute approximate surface area is 190 Å². The van der Waals surface area contributed by atoms with Gasteiger partial charge in [0.15, 0.2) is 5.69 Å². The number of carbonyl (C=O) groups is 1. The highest BCUT2D eigenvalue weighted by Crippen LogP contribution is 2.51. The molecule has 3 heterocycles. The number of methoxy groups -OCH3 is 1. The topological polar surface area (TPSA) is 94.2 Å². The predicted molar refractivity (Wildman–Crippen MR) is 124 cm³/mol. The van der Waals surface area contributed by atoms with E-state index in [0.29, 0.717) is 28.8 Å². The molecule has 8 heteroatoms. The van der Waals surface area contributed by atoms with Crippen LogP contribution in [0.5, 0.6) is 5.75 Å². The third-order valence-electron chi connectivity index (χ3n) is 6.80. The molecule has 168 valence electrons. The zero-order valence-corrected chi connectivity index (χ0v) is 18.6. The average molecular weight is 444 g/mol. The number of anilines is 1. The van der Waals surface area contributed by atoms with E-state index in [9.17, 15) is 4.79 Å². The first kappa shape index (κ1) is 20.0. The van der Waals surface area contributed by atoms with Crippen molar-refractivity contribution in [1.82, 2.24) is 20.1 Å². The Morgan fingerprint density at radius 3 is 2.85 bits per heavy atom. The van der Waals surface area contributed by atoms with Crippen LogP contribution in [0.1, 0.15) is 34.9 Å². The Hall–Kier alpha value is -3.65. The van der Waals surface area contributed by atoms with Gasteiger partial charge in [0.2, 0.25) is 5.89 Å². The summed E-state index contributed by atoms with van der Waals surface area (Å²) in [5, 5.41) is 12.0. The van der Waals surface area contributed by atoms with Crippen LogP contribution in [-0.4, -0.2) is 40.9 Å². The van der Waals surface area contributed by atoms with E-state index in [4.69, 9.17) is 14.3 Å². The first-order valence-electron chi connectivity index (χ1n) is 11.1. The second-order valence-corrected chi connectivity index (χ2v) is 9.25. The number of amides is 1. The average Bonchev–Trinajstić information content (AvgIpc) is 3.38. The van der Waals surface area contributed by atoms with Crippen molar-refractivity contribution in [3.8, 4) is 17.2 Å². The fourth-order valence-electron chi connectivity index (χ4n) is 4.89. The molecule has 1 amide bonds. The molecule has 6 rings (SSSR count). The van der Waals surface area contributed by atoms with E-state index in [1.807, 2.05) is 43.3 Å². The molecule has 1 aliphatic carbocycles. The van der Waals surface area contributed by atoms with Gasteiger partial charge in [-0.3, -0.25) is 9.48 Å². The highest BCUT2D eigenvalue weighted by molar-refractivity contribution is 6.05. The molecular formula is C25H25N5O3. The fraction of sp³-hybridized carbons (Fsp3) is 0.320. The van der Waals surface area contributed by atoms with Gasteiger partial charge in [-0.05, 0) is 43.4 Å².